The smallest absolute Gasteiger partial charge is 0.295 e. The molecule has 1 amide bonds. The fraction of sp³-hybridized carbons (Fsp3) is 0.241. The number of carbonyl (C=O) groups is 2. The topological polar surface area (TPSA) is 77.8 Å². The molecule has 0 bridgehead atoms. The Morgan fingerprint density at radius 1 is 1.00 bits per heavy atom. The van der Waals surface area contributed by atoms with Crippen LogP contribution in [0.2, 0.25) is 0 Å². The Bertz CT molecular complexity index is 1340. The van der Waals surface area contributed by atoms with Gasteiger partial charge in [0.2, 0.25) is 0 Å². The quantitative estimate of drug-likeness (QED) is 0.287. The molecule has 3 aromatic rings. The maximum atomic E-state index is 13.4. The number of amides is 1. The van der Waals surface area contributed by atoms with E-state index in [2.05, 4.69) is 20.8 Å². The van der Waals surface area contributed by atoms with Crippen LogP contribution in [0.1, 0.15) is 54.6 Å². The third kappa shape index (κ3) is 4.69. The predicted molar refractivity (Wildman–Crippen MR) is 132 cm³/mol. The van der Waals surface area contributed by atoms with Crippen molar-refractivity contribution in [3.8, 4) is 5.75 Å². The molecular weight excluding hydrogens is 445 g/mol. The average Bonchev–Trinajstić information content (AvgIpc) is 3.04. The van der Waals surface area contributed by atoms with Gasteiger partial charge < -0.3 is 15.1 Å². The summed E-state index contributed by atoms with van der Waals surface area (Å²) in [4.78, 5) is 27.8. The van der Waals surface area contributed by atoms with Crippen molar-refractivity contribution in [2.45, 2.75) is 45.7 Å². The van der Waals surface area contributed by atoms with Crippen LogP contribution in [0.15, 0.2) is 72.3 Å². The van der Waals surface area contributed by atoms with Crippen molar-refractivity contribution in [3.05, 3.63) is 106 Å². The molecule has 2 N–H and O–H groups in total. The van der Waals surface area contributed by atoms with Crippen molar-refractivity contribution >= 4 is 17.4 Å². The van der Waals surface area contributed by atoms with Crippen molar-refractivity contribution in [2.75, 3.05) is 0 Å². The second-order valence-corrected chi connectivity index (χ2v) is 9.93. The normalized spacial score (nSPS) is 17.7. The van der Waals surface area contributed by atoms with E-state index in [-0.39, 0.29) is 29.0 Å². The number of ketones is 1. The van der Waals surface area contributed by atoms with Gasteiger partial charge in [0.1, 0.15) is 17.3 Å². The standard InChI is InChI=1S/C29H28FNO4/c1-17-8-11-20(29(2,3)4)15-23(17)26(33)24-25(19-6-5-7-22(32)14-19)31(28(35)27(24)34)16-18-9-12-21(30)13-10-18/h5-15,25,32-33H,16H2,1-4H3/b26-24+. The Balaban J connectivity index is 1.91. The summed E-state index contributed by atoms with van der Waals surface area (Å²) in [6.45, 7) is 8.02. The van der Waals surface area contributed by atoms with Crippen LogP contribution in [0.5, 0.6) is 5.75 Å². The Kier molecular flexibility index (Phi) is 6.24. The molecule has 3 aromatic carbocycles. The fourth-order valence-corrected chi connectivity index (χ4v) is 4.36. The second-order valence-electron chi connectivity index (χ2n) is 9.93. The minimum absolute atomic E-state index is 0.0271. The number of Topliss-reactive ketones (excluding diaryl/α,β-unsaturated/α-hetero) is 1. The predicted octanol–water partition coefficient (Wildman–Crippen LogP) is 5.76. The third-order valence-corrected chi connectivity index (χ3v) is 6.35. The molecule has 1 aliphatic heterocycles. The van der Waals surface area contributed by atoms with Gasteiger partial charge in [0.15, 0.2) is 0 Å². The highest BCUT2D eigenvalue weighted by atomic mass is 19.1. The zero-order valence-electron chi connectivity index (χ0n) is 20.2. The molecule has 180 valence electrons. The van der Waals surface area contributed by atoms with E-state index in [0.717, 1.165) is 11.1 Å². The van der Waals surface area contributed by atoms with Gasteiger partial charge in [-0.2, -0.15) is 0 Å². The number of phenolic OH excluding ortho intramolecular Hbond substituents is 1. The van der Waals surface area contributed by atoms with E-state index in [1.165, 1.54) is 29.2 Å². The van der Waals surface area contributed by atoms with E-state index in [1.807, 2.05) is 25.1 Å². The minimum atomic E-state index is -0.926. The Labute approximate surface area is 204 Å². The lowest BCUT2D eigenvalue weighted by molar-refractivity contribution is -0.140. The first-order valence-electron chi connectivity index (χ1n) is 11.4. The molecule has 1 fully saturated rings. The van der Waals surface area contributed by atoms with Crippen LogP contribution < -0.4 is 0 Å². The monoisotopic (exact) mass is 473 g/mol. The number of benzene rings is 3. The number of nitrogens with zero attached hydrogens (tertiary/aromatic N) is 1. The number of aryl methyl sites for hydroxylation is 1. The molecule has 1 aliphatic rings. The van der Waals surface area contributed by atoms with E-state index in [4.69, 9.17) is 0 Å². The number of aliphatic hydroxyl groups is 1. The van der Waals surface area contributed by atoms with Crippen LogP contribution in [0.4, 0.5) is 4.39 Å². The summed E-state index contributed by atoms with van der Waals surface area (Å²) in [6, 6.07) is 16.7. The molecule has 0 spiro atoms. The van der Waals surface area contributed by atoms with Crippen LogP contribution in [-0.2, 0) is 21.5 Å². The molecule has 1 heterocycles. The molecule has 1 atom stereocenters. The van der Waals surface area contributed by atoms with Gasteiger partial charge in [-0.05, 0) is 64.9 Å². The molecule has 6 heteroatoms. The summed E-state index contributed by atoms with van der Waals surface area (Å²) in [5.74, 6) is -2.27. The van der Waals surface area contributed by atoms with Gasteiger partial charge in [0, 0.05) is 12.1 Å². The van der Waals surface area contributed by atoms with Gasteiger partial charge in [0.25, 0.3) is 11.7 Å². The second kappa shape index (κ2) is 9.02. The first-order chi connectivity index (χ1) is 16.5. The highest BCUT2D eigenvalue weighted by Crippen LogP contribution is 2.42. The molecule has 4 rings (SSSR count). The first-order valence-corrected chi connectivity index (χ1v) is 11.4. The van der Waals surface area contributed by atoms with E-state index < -0.39 is 23.5 Å². The molecular formula is C29H28FNO4. The number of hydrogen-bond acceptors (Lipinski definition) is 4. The van der Waals surface area contributed by atoms with Crippen LogP contribution in [0, 0.1) is 12.7 Å². The fourth-order valence-electron chi connectivity index (χ4n) is 4.36. The van der Waals surface area contributed by atoms with Crippen LogP contribution in [-0.4, -0.2) is 26.8 Å². The highest BCUT2D eigenvalue weighted by Gasteiger charge is 2.46. The first kappa shape index (κ1) is 24.2. The largest absolute Gasteiger partial charge is 0.508 e. The summed E-state index contributed by atoms with van der Waals surface area (Å²) in [7, 11) is 0. The van der Waals surface area contributed by atoms with Crippen LogP contribution in [0.3, 0.4) is 0 Å². The number of carbonyl (C=O) groups excluding carboxylic acids is 2. The van der Waals surface area contributed by atoms with Crippen molar-refractivity contribution in [2.24, 2.45) is 0 Å². The molecule has 0 saturated carbocycles. The molecule has 0 aromatic heterocycles. The van der Waals surface area contributed by atoms with Crippen LogP contribution >= 0.6 is 0 Å². The number of aromatic hydroxyl groups is 1. The Morgan fingerprint density at radius 3 is 2.31 bits per heavy atom. The number of hydrogen-bond donors (Lipinski definition) is 2. The summed E-state index contributed by atoms with van der Waals surface area (Å²) < 4.78 is 13.4. The summed E-state index contributed by atoms with van der Waals surface area (Å²) in [5.41, 5.74) is 3.08. The summed E-state index contributed by atoms with van der Waals surface area (Å²) in [5, 5.41) is 21.6. The molecule has 0 radical (unpaired) electrons. The van der Waals surface area contributed by atoms with Gasteiger partial charge in [-0.3, -0.25) is 9.59 Å². The highest BCUT2D eigenvalue weighted by molar-refractivity contribution is 6.46. The molecule has 1 unspecified atom stereocenters. The zero-order valence-corrected chi connectivity index (χ0v) is 20.2. The average molecular weight is 474 g/mol. The molecule has 5 nitrogen and oxygen atoms in total. The molecule has 1 saturated heterocycles. The van der Waals surface area contributed by atoms with E-state index in [9.17, 15) is 24.2 Å². The molecule has 0 aliphatic carbocycles. The van der Waals surface area contributed by atoms with Crippen molar-refractivity contribution < 1.29 is 24.2 Å². The number of phenols is 1. The Morgan fingerprint density at radius 2 is 1.69 bits per heavy atom. The number of halogens is 1. The van der Waals surface area contributed by atoms with Gasteiger partial charge in [-0.1, -0.05) is 57.2 Å². The van der Waals surface area contributed by atoms with Gasteiger partial charge in [-0.15, -0.1) is 0 Å². The lowest BCUT2D eigenvalue weighted by Crippen LogP contribution is -2.29. The van der Waals surface area contributed by atoms with E-state index in [0.29, 0.717) is 16.7 Å². The van der Waals surface area contributed by atoms with Crippen molar-refractivity contribution in [3.63, 3.8) is 0 Å². The lowest BCUT2D eigenvalue weighted by atomic mass is 9.84. The minimum Gasteiger partial charge on any atom is -0.508 e. The van der Waals surface area contributed by atoms with Gasteiger partial charge >= 0.3 is 0 Å². The van der Waals surface area contributed by atoms with Gasteiger partial charge in [0.05, 0.1) is 11.6 Å². The van der Waals surface area contributed by atoms with Crippen LogP contribution in [0.25, 0.3) is 5.76 Å². The van der Waals surface area contributed by atoms with Crippen molar-refractivity contribution in [1.82, 2.24) is 4.90 Å². The number of aliphatic hydroxyl groups excluding tert-OH is 1. The summed E-state index contributed by atoms with van der Waals surface area (Å²) in [6.07, 6.45) is 0. The zero-order chi connectivity index (χ0) is 25.5. The third-order valence-electron chi connectivity index (χ3n) is 6.35. The summed E-state index contributed by atoms with van der Waals surface area (Å²) >= 11 is 0. The maximum Gasteiger partial charge on any atom is 0.295 e. The Hall–Kier alpha value is -3.93. The van der Waals surface area contributed by atoms with E-state index in [1.54, 1.807) is 24.3 Å². The van der Waals surface area contributed by atoms with Crippen molar-refractivity contribution in [1.29, 1.82) is 0 Å². The number of rotatable bonds is 4. The SMILES string of the molecule is Cc1ccc(C(C)(C)C)cc1/C(O)=C1\C(=O)C(=O)N(Cc2ccc(F)cc2)C1c1cccc(O)c1. The van der Waals surface area contributed by atoms with Gasteiger partial charge in [-0.25, -0.2) is 4.39 Å². The number of likely N-dealkylation sites (tertiary alicyclic amines) is 1. The van der Waals surface area contributed by atoms with E-state index >= 15 is 0 Å². The molecule has 35 heavy (non-hydrogen) atoms. The maximum absolute atomic E-state index is 13.4. The lowest BCUT2D eigenvalue weighted by Gasteiger charge is -2.26.